The second-order valence-corrected chi connectivity index (χ2v) is 1.83. The zero-order valence-corrected chi connectivity index (χ0v) is 5.38. The molecule has 0 aliphatic rings. The smallest absolute Gasteiger partial charge is 0.242 e. The Bertz CT molecular complexity index is 225. The van der Waals surface area contributed by atoms with Crippen LogP contribution in [-0.2, 0) is 0 Å². The van der Waals surface area contributed by atoms with E-state index in [1.165, 1.54) is 12.3 Å². The number of halogens is 2. The first-order chi connectivity index (χ1) is 4.70. The largest absolute Gasteiger partial charge is 0.280 e. The summed E-state index contributed by atoms with van der Waals surface area (Å²) in [7, 11) is 0. The van der Waals surface area contributed by atoms with Crippen LogP contribution in [-0.4, -0.2) is 9.97 Å². The van der Waals surface area contributed by atoms with Gasteiger partial charge in [0.25, 0.3) is 6.43 Å². The molecular formula is C6H6F2N2. The predicted molar refractivity (Wildman–Crippen MR) is 31.7 cm³/mol. The molecule has 54 valence electrons. The molecule has 0 atom stereocenters. The minimum absolute atomic E-state index is 0.215. The molecule has 0 aliphatic carbocycles. The topological polar surface area (TPSA) is 25.8 Å². The molecule has 0 fully saturated rings. The first kappa shape index (κ1) is 7.05. The van der Waals surface area contributed by atoms with Crippen LogP contribution in [0.4, 0.5) is 8.78 Å². The van der Waals surface area contributed by atoms with Gasteiger partial charge in [-0.25, -0.2) is 18.7 Å². The van der Waals surface area contributed by atoms with Crippen LogP contribution in [0.25, 0.3) is 0 Å². The maximum atomic E-state index is 11.9. The van der Waals surface area contributed by atoms with Crippen molar-refractivity contribution in [2.45, 2.75) is 13.3 Å². The third-order valence-electron chi connectivity index (χ3n) is 1.02. The van der Waals surface area contributed by atoms with Gasteiger partial charge in [-0.15, -0.1) is 0 Å². The fourth-order valence-corrected chi connectivity index (χ4v) is 0.596. The lowest BCUT2D eigenvalue weighted by Crippen LogP contribution is -1.93. The third kappa shape index (κ3) is 1.46. The van der Waals surface area contributed by atoms with Crippen molar-refractivity contribution in [3.05, 3.63) is 23.8 Å². The summed E-state index contributed by atoms with van der Waals surface area (Å²) in [6, 6.07) is 1.21. The number of aromatic nitrogens is 2. The standard InChI is InChI=1S/C6H6F2N2/c1-4-9-3-2-5(10-4)6(7)8/h2-3,6H,1H3. The van der Waals surface area contributed by atoms with Crippen LogP contribution in [0, 0.1) is 6.92 Å². The van der Waals surface area contributed by atoms with Gasteiger partial charge in [0.05, 0.1) is 0 Å². The normalized spacial score (nSPS) is 10.4. The number of hydrogen-bond donors (Lipinski definition) is 0. The highest BCUT2D eigenvalue weighted by atomic mass is 19.3. The molecule has 1 aromatic heterocycles. The molecule has 0 N–H and O–H groups in total. The van der Waals surface area contributed by atoms with Gasteiger partial charge in [0, 0.05) is 6.20 Å². The van der Waals surface area contributed by atoms with Gasteiger partial charge in [-0.2, -0.15) is 0 Å². The Morgan fingerprint density at radius 1 is 1.50 bits per heavy atom. The molecule has 10 heavy (non-hydrogen) atoms. The fraction of sp³-hybridized carbons (Fsp3) is 0.333. The number of aryl methyl sites for hydroxylation is 1. The molecular weight excluding hydrogens is 138 g/mol. The van der Waals surface area contributed by atoms with Crippen molar-refractivity contribution in [2.24, 2.45) is 0 Å². The summed E-state index contributed by atoms with van der Waals surface area (Å²) < 4.78 is 23.7. The second kappa shape index (κ2) is 2.68. The summed E-state index contributed by atoms with van der Waals surface area (Å²) in [5, 5.41) is 0. The Balaban J connectivity index is 2.96. The third-order valence-corrected chi connectivity index (χ3v) is 1.02. The monoisotopic (exact) mass is 144 g/mol. The van der Waals surface area contributed by atoms with Crippen LogP contribution in [0.15, 0.2) is 12.3 Å². The molecule has 1 rings (SSSR count). The van der Waals surface area contributed by atoms with Crippen molar-refractivity contribution in [1.82, 2.24) is 9.97 Å². The first-order valence-corrected chi connectivity index (χ1v) is 2.78. The Kier molecular flexibility index (Phi) is 1.89. The van der Waals surface area contributed by atoms with Crippen LogP contribution in [0.3, 0.4) is 0 Å². The van der Waals surface area contributed by atoms with Gasteiger partial charge in [-0.3, -0.25) is 0 Å². The van der Waals surface area contributed by atoms with E-state index in [1.54, 1.807) is 6.92 Å². The van der Waals surface area contributed by atoms with Gasteiger partial charge in [0.1, 0.15) is 11.5 Å². The van der Waals surface area contributed by atoms with Crippen molar-refractivity contribution in [3.8, 4) is 0 Å². The van der Waals surface area contributed by atoms with Crippen LogP contribution in [0.1, 0.15) is 17.9 Å². The van der Waals surface area contributed by atoms with E-state index in [9.17, 15) is 8.78 Å². The molecule has 2 nitrogen and oxygen atoms in total. The average molecular weight is 144 g/mol. The van der Waals surface area contributed by atoms with Gasteiger partial charge < -0.3 is 0 Å². The summed E-state index contributed by atoms with van der Waals surface area (Å²) in [4.78, 5) is 7.19. The molecule has 0 bridgehead atoms. The van der Waals surface area contributed by atoms with Gasteiger partial charge in [0.2, 0.25) is 0 Å². The Labute approximate surface area is 56.9 Å². The van der Waals surface area contributed by atoms with E-state index in [0.717, 1.165) is 0 Å². The molecule has 0 aliphatic heterocycles. The van der Waals surface area contributed by atoms with E-state index in [-0.39, 0.29) is 5.69 Å². The van der Waals surface area contributed by atoms with E-state index in [4.69, 9.17) is 0 Å². The first-order valence-electron chi connectivity index (χ1n) is 2.78. The number of rotatable bonds is 1. The highest BCUT2D eigenvalue weighted by molar-refractivity contribution is 5.02. The van der Waals surface area contributed by atoms with E-state index in [2.05, 4.69) is 9.97 Å². The summed E-state index contributed by atoms with van der Waals surface area (Å²) in [5.74, 6) is 0.373. The van der Waals surface area contributed by atoms with Crippen molar-refractivity contribution in [3.63, 3.8) is 0 Å². The van der Waals surface area contributed by atoms with Crippen LogP contribution in [0.2, 0.25) is 0 Å². The van der Waals surface area contributed by atoms with Crippen LogP contribution >= 0.6 is 0 Å². The second-order valence-electron chi connectivity index (χ2n) is 1.83. The molecule has 0 spiro atoms. The fourth-order valence-electron chi connectivity index (χ4n) is 0.596. The average Bonchev–Trinajstić information content (AvgIpc) is 1.88. The summed E-state index contributed by atoms with van der Waals surface area (Å²) >= 11 is 0. The van der Waals surface area contributed by atoms with Crippen molar-refractivity contribution in [2.75, 3.05) is 0 Å². The van der Waals surface area contributed by atoms with Crippen molar-refractivity contribution in [1.29, 1.82) is 0 Å². The lowest BCUT2D eigenvalue weighted by atomic mass is 10.4. The summed E-state index contributed by atoms with van der Waals surface area (Å²) in [5.41, 5.74) is -0.215. The minimum atomic E-state index is -2.50. The lowest BCUT2D eigenvalue weighted by Gasteiger charge is -1.96. The lowest BCUT2D eigenvalue weighted by molar-refractivity contribution is 0.145. The zero-order valence-electron chi connectivity index (χ0n) is 5.38. The quantitative estimate of drug-likeness (QED) is 0.599. The minimum Gasteiger partial charge on any atom is -0.242 e. The Morgan fingerprint density at radius 2 is 2.20 bits per heavy atom. The summed E-state index contributed by atoms with van der Waals surface area (Å²) in [6.45, 7) is 1.58. The van der Waals surface area contributed by atoms with Crippen molar-refractivity contribution < 1.29 is 8.78 Å². The molecule has 4 heteroatoms. The summed E-state index contributed by atoms with van der Waals surface area (Å²) in [6.07, 6.45) is -1.18. The molecule has 0 saturated heterocycles. The van der Waals surface area contributed by atoms with Gasteiger partial charge in [0.15, 0.2) is 0 Å². The maximum absolute atomic E-state index is 11.9. The van der Waals surface area contributed by atoms with Crippen LogP contribution in [0.5, 0.6) is 0 Å². The Hall–Kier alpha value is -1.06. The molecule has 1 aromatic rings. The van der Waals surface area contributed by atoms with Gasteiger partial charge in [-0.1, -0.05) is 0 Å². The molecule has 0 radical (unpaired) electrons. The molecule has 0 unspecified atom stereocenters. The highest BCUT2D eigenvalue weighted by Crippen LogP contribution is 2.14. The van der Waals surface area contributed by atoms with Crippen molar-refractivity contribution >= 4 is 0 Å². The number of nitrogens with zero attached hydrogens (tertiary/aromatic N) is 2. The predicted octanol–water partition coefficient (Wildman–Crippen LogP) is 1.72. The maximum Gasteiger partial charge on any atom is 0.280 e. The molecule has 0 amide bonds. The SMILES string of the molecule is Cc1nccc(C(F)F)n1. The van der Waals surface area contributed by atoms with Gasteiger partial charge in [-0.05, 0) is 13.0 Å². The zero-order chi connectivity index (χ0) is 7.56. The number of hydrogen-bond acceptors (Lipinski definition) is 2. The molecule has 1 heterocycles. The molecule has 0 aromatic carbocycles. The van der Waals surface area contributed by atoms with E-state index < -0.39 is 6.43 Å². The van der Waals surface area contributed by atoms with Crippen LogP contribution < -0.4 is 0 Å². The van der Waals surface area contributed by atoms with E-state index in [1.807, 2.05) is 0 Å². The highest BCUT2D eigenvalue weighted by Gasteiger charge is 2.07. The van der Waals surface area contributed by atoms with E-state index >= 15 is 0 Å². The van der Waals surface area contributed by atoms with E-state index in [0.29, 0.717) is 5.82 Å². The molecule has 0 saturated carbocycles. The Morgan fingerprint density at radius 3 is 2.60 bits per heavy atom. The number of alkyl halides is 2. The van der Waals surface area contributed by atoms with Gasteiger partial charge >= 0.3 is 0 Å².